The van der Waals surface area contributed by atoms with E-state index < -0.39 is 6.04 Å². The Morgan fingerprint density at radius 2 is 1.79 bits per heavy atom. The van der Waals surface area contributed by atoms with E-state index in [2.05, 4.69) is 20.8 Å². The van der Waals surface area contributed by atoms with Gasteiger partial charge in [0.1, 0.15) is 11.8 Å². The van der Waals surface area contributed by atoms with Gasteiger partial charge in [-0.2, -0.15) is 5.10 Å². The maximum atomic E-state index is 12.4. The van der Waals surface area contributed by atoms with E-state index in [-0.39, 0.29) is 30.3 Å². The van der Waals surface area contributed by atoms with Crippen molar-refractivity contribution >= 4 is 22.6 Å². The standard InChI is InChI=1S/C21H22N4O4/c1-13(20(27)22-12-14-7-3-6-10-18(14)29-2)23-19(26)11-17-15-8-4-5-9-16(15)21(28)25-24-17/h3-10,13H,11-12H2,1-2H3,(H,22,27)(H,23,26)(H,25,28)/t13-/m1/s1. The highest BCUT2D eigenvalue weighted by Crippen LogP contribution is 2.16. The molecule has 29 heavy (non-hydrogen) atoms. The summed E-state index contributed by atoms with van der Waals surface area (Å²) in [6.45, 7) is 1.89. The van der Waals surface area contributed by atoms with Crippen LogP contribution in [-0.2, 0) is 22.6 Å². The second-order valence-corrected chi connectivity index (χ2v) is 6.54. The highest BCUT2D eigenvalue weighted by Gasteiger charge is 2.17. The van der Waals surface area contributed by atoms with Crippen LogP contribution in [0.15, 0.2) is 53.3 Å². The van der Waals surface area contributed by atoms with E-state index in [4.69, 9.17) is 4.74 Å². The Bertz CT molecular complexity index is 1090. The van der Waals surface area contributed by atoms with Gasteiger partial charge in [0, 0.05) is 17.5 Å². The number of nitrogens with one attached hydrogen (secondary N) is 3. The molecule has 8 nitrogen and oxygen atoms in total. The number of nitrogens with zero attached hydrogens (tertiary/aromatic N) is 1. The number of methoxy groups -OCH3 is 1. The Kier molecular flexibility index (Phi) is 6.23. The Hall–Kier alpha value is -3.68. The number of hydrogen-bond acceptors (Lipinski definition) is 5. The first-order valence-electron chi connectivity index (χ1n) is 9.15. The maximum Gasteiger partial charge on any atom is 0.272 e. The second-order valence-electron chi connectivity index (χ2n) is 6.54. The molecule has 2 aromatic carbocycles. The quantitative estimate of drug-likeness (QED) is 0.559. The topological polar surface area (TPSA) is 113 Å². The molecule has 0 saturated heterocycles. The summed E-state index contributed by atoms with van der Waals surface area (Å²) in [5.74, 6) is -0.00121. The molecule has 3 aromatic rings. The monoisotopic (exact) mass is 394 g/mol. The third-order valence-electron chi connectivity index (χ3n) is 4.52. The number of benzene rings is 2. The highest BCUT2D eigenvalue weighted by atomic mass is 16.5. The van der Waals surface area contributed by atoms with Gasteiger partial charge in [-0.25, -0.2) is 5.10 Å². The minimum atomic E-state index is -0.730. The molecule has 8 heteroatoms. The molecular weight excluding hydrogens is 372 g/mol. The van der Waals surface area contributed by atoms with Crippen LogP contribution in [0.4, 0.5) is 0 Å². The largest absolute Gasteiger partial charge is 0.496 e. The lowest BCUT2D eigenvalue weighted by Gasteiger charge is -2.15. The van der Waals surface area contributed by atoms with Gasteiger partial charge in [-0.3, -0.25) is 14.4 Å². The number of aromatic amines is 1. The van der Waals surface area contributed by atoms with Crippen LogP contribution in [0.5, 0.6) is 5.75 Å². The van der Waals surface area contributed by atoms with Gasteiger partial charge in [-0.1, -0.05) is 36.4 Å². The van der Waals surface area contributed by atoms with E-state index in [0.717, 1.165) is 5.56 Å². The molecular formula is C21H22N4O4. The molecule has 0 bridgehead atoms. The first-order valence-corrected chi connectivity index (χ1v) is 9.15. The summed E-state index contributed by atoms with van der Waals surface area (Å²) in [5, 5.41) is 12.9. The third-order valence-corrected chi connectivity index (χ3v) is 4.52. The summed E-state index contributed by atoms with van der Waals surface area (Å²) in [6, 6.07) is 13.6. The van der Waals surface area contributed by atoms with Crippen LogP contribution in [-0.4, -0.2) is 35.2 Å². The summed E-state index contributed by atoms with van der Waals surface area (Å²) >= 11 is 0. The van der Waals surface area contributed by atoms with Crippen molar-refractivity contribution in [1.82, 2.24) is 20.8 Å². The highest BCUT2D eigenvalue weighted by molar-refractivity contribution is 5.91. The molecule has 0 aliphatic rings. The van der Waals surface area contributed by atoms with Crippen LogP contribution in [0.25, 0.3) is 10.8 Å². The van der Waals surface area contributed by atoms with Gasteiger partial charge in [0.25, 0.3) is 5.56 Å². The number of amides is 2. The summed E-state index contributed by atoms with van der Waals surface area (Å²) in [7, 11) is 1.57. The summed E-state index contributed by atoms with van der Waals surface area (Å²) in [6.07, 6.45) is -0.0541. The maximum absolute atomic E-state index is 12.4. The van der Waals surface area contributed by atoms with Crippen molar-refractivity contribution < 1.29 is 14.3 Å². The predicted octanol–water partition coefficient (Wildman–Crippen LogP) is 1.30. The van der Waals surface area contributed by atoms with E-state index in [1.165, 1.54) is 0 Å². The van der Waals surface area contributed by atoms with Crippen LogP contribution in [0.2, 0.25) is 0 Å². The van der Waals surface area contributed by atoms with Crippen LogP contribution < -0.4 is 20.9 Å². The summed E-state index contributed by atoms with van der Waals surface area (Å²) in [4.78, 5) is 36.6. The van der Waals surface area contributed by atoms with Gasteiger partial charge in [-0.05, 0) is 19.1 Å². The smallest absolute Gasteiger partial charge is 0.272 e. The van der Waals surface area contributed by atoms with Crippen molar-refractivity contribution in [1.29, 1.82) is 0 Å². The zero-order valence-corrected chi connectivity index (χ0v) is 16.2. The molecule has 3 rings (SSSR count). The lowest BCUT2D eigenvalue weighted by atomic mass is 10.1. The molecule has 1 heterocycles. The molecule has 0 radical (unpaired) electrons. The van der Waals surface area contributed by atoms with Crippen LogP contribution in [0.3, 0.4) is 0 Å². The van der Waals surface area contributed by atoms with Gasteiger partial charge in [-0.15, -0.1) is 0 Å². The van der Waals surface area contributed by atoms with Gasteiger partial charge in [0.05, 0.1) is 24.6 Å². The van der Waals surface area contributed by atoms with Crippen molar-refractivity contribution in [2.24, 2.45) is 0 Å². The summed E-state index contributed by atoms with van der Waals surface area (Å²) in [5.41, 5.74) is 0.971. The Morgan fingerprint density at radius 1 is 1.10 bits per heavy atom. The number of hydrogen-bond donors (Lipinski definition) is 3. The van der Waals surface area contributed by atoms with Crippen molar-refractivity contribution in [2.45, 2.75) is 25.9 Å². The number of aromatic nitrogens is 2. The van der Waals surface area contributed by atoms with Gasteiger partial charge >= 0.3 is 0 Å². The predicted molar refractivity (Wildman–Crippen MR) is 109 cm³/mol. The number of ether oxygens (including phenoxy) is 1. The molecule has 3 N–H and O–H groups in total. The van der Waals surface area contributed by atoms with E-state index in [1.54, 1.807) is 38.3 Å². The fourth-order valence-electron chi connectivity index (χ4n) is 3.00. The fourth-order valence-corrected chi connectivity index (χ4v) is 3.00. The molecule has 1 aromatic heterocycles. The van der Waals surface area contributed by atoms with E-state index in [9.17, 15) is 14.4 Å². The number of fused-ring (bicyclic) bond motifs is 1. The molecule has 0 aliphatic heterocycles. The average molecular weight is 394 g/mol. The van der Waals surface area contributed by atoms with Gasteiger partial charge < -0.3 is 15.4 Å². The van der Waals surface area contributed by atoms with Crippen molar-refractivity contribution in [3.05, 3.63) is 70.1 Å². The van der Waals surface area contributed by atoms with Crippen LogP contribution in [0.1, 0.15) is 18.2 Å². The Morgan fingerprint density at radius 3 is 2.55 bits per heavy atom. The lowest BCUT2D eigenvalue weighted by molar-refractivity contribution is -0.128. The number of H-pyrrole nitrogens is 1. The minimum absolute atomic E-state index is 0.0541. The number of rotatable bonds is 7. The number of carbonyl (C=O) groups excluding carboxylic acids is 2. The van der Waals surface area contributed by atoms with E-state index >= 15 is 0 Å². The normalized spacial score (nSPS) is 11.7. The molecule has 1 atom stereocenters. The van der Waals surface area contributed by atoms with Crippen molar-refractivity contribution in [2.75, 3.05) is 7.11 Å². The first kappa shape index (κ1) is 20.1. The Balaban J connectivity index is 1.60. The van der Waals surface area contributed by atoms with Crippen LogP contribution >= 0.6 is 0 Å². The molecule has 0 spiro atoms. The SMILES string of the molecule is COc1ccccc1CNC(=O)[C@@H](C)NC(=O)Cc1n[nH]c(=O)c2ccccc12. The second kappa shape index (κ2) is 9.01. The lowest BCUT2D eigenvalue weighted by Crippen LogP contribution is -2.45. The van der Waals surface area contributed by atoms with Crippen molar-refractivity contribution in [3.63, 3.8) is 0 Å². The van der Waals surface area contributed by atoms with Crippen molar-refractivity contribution in [3.8, 4) is 5.75 Å². The molecule has 0 unspecified atom stereocenters. The van der Waals surface area contributed by atoms with E-state index in [0.29, 0.717) is 22.2 Å². The zero-order chi connectivity index (χ0) is 20.8. The summed E-state index contributed by atoms with van der Waals surface area (Å²) < 4.78 is 5.26. The third kappa shape index (κ3) is 4.78. The van der Waals surface area contributed by atoms with Crippen LogP contribution in [0, 0.1) is 0 Å². The Labute approximate surface area is 167 Å². The molecule has 150 valence electrons. The van der Waals surface area contributed by atoms with Gasteiger partial charge in [0.15, 0.2) is 0 Å². The molecule has 0 aliphatic carbocycles. The minimum Gasteiger partial charge on any atom is -0.496 e. The van der Waals surface area contributed by atoms with E-state index in [1.807, 2.05) is 24.3 Å². The fraction of sp³-hybridized carbons (Fsp3) is 0.238. The molecule has 0 fully saturated rings. The number of carbonyl (C=O) groups is 2. The zero-order valence-electron chi connectivity index (χ0n) is 16.2. The average Bonchev–Trinajstić information content (AvgIpc) is 2.74. The first-order chi connectivity index (χ1) is 14.0. The van der Waals surface area contributed by atoms with Gasteiger partial charge in [0.2, 0.25) is 11.8 Å². The molecule has 0 saturated carbocycles. The number of para-hydroxylation sites is 1. The molecule has 2 amide bonds.